The smallest absolute Gasteiger partial charge is 0.264 e. The predicted octanol–water partition coefficient (Wildman–Crippen LogP) is 6.11. The third kappa shape index (κ3) is 8.33. The van der Waals surface area contributed by atoms with Crippen molar-refractivity contribution >= 4 is 50.7 Å². The number of sulfonamides is 1. The molecule has 0 saturated heterocycles. The molecule has 0 fully saturated rings. The van der Waals surface area contributed by atoms with Gasteiger partial charge in [0.15, 0.2) is 0 Å². The van der Waals surface area contributed by atoms with Crippen molar-refractivity contribution in [3.05, 3.63) is 124 Å². The molecule has 12 heteroatoms. The van der Waals surface area contributed by atoms with Crippen LogP contribution in [-0.2, 0) is 32.6 Å². The van der Waals surface area contributed by atoms with Crippen molar-refractivity contribution in [2.45, 2.75) is 30.8 Å². The highest BCUT2D eigenvalue weighted by Crippen LogP contribution is 2.29. The predicted molar refractivity (Wildman–Crippen MR) is 174 cm³/mol. The molecule has 8 nitrogen and oxygen atoms in total. The highest BCUT2D eigenvalue weighted by molar-refractivity contribution is 7.92. The standard InChI is InChI=1S/C33H32Cl2FN3O5S/c1-3-37-33(41)31(20-23-8-5-4-6-9-23)38(21-28-29(34)10-7-11-30(28)35)32(40)22-39(25-14-12-24(36)13-15-25)45(42,43)27-18-16-26(44-2)17-19-27/h4-19,31H,3,20-22H2,1-2H3,(H,37,41)/t31-/m1/s1. The molecule has 0 heterocycles. The summed E-state index contributed by atoms with van der Waals surface area (Å²) in [6.45, 7) is 1.15. The molecule has 0 radical (unpaired) electrons. The molecular formula is C33H32Cl2FN3O5S. The minimum Gasteiger partial charge on any atom is -0.497 e. The van der Waals surface area contributed by atoms with Gasteiger partial charge in [-0.3, -0.25) is 13.9 Å². The first-order valence-corrected chi connectivity index (χ1v) is 16.2. The fourth-order valence-corrected chi connectivity index (χ4v) is 6.64. The fourth-order valence-electron chi connectivity index (χ4n) is 4.71. The second-order valence-corrected chi connectivity index (χ2v) is 12.7. The lowest BCUT2D eigenvalue weighted by molar-refractivity contribution is -0.140. The van der Waals surface area contributed by atoms with Gasteiger partial charge in [-0.15, -0.1) is 0 Å². The number of nitrogens with zero attached hydrogens (tertiary/aromatic N) is 2. The summed E-state index contributed by atoms with van der Waals surface area (Å²) in [4.78, 5) is 29.1. The van der Waals surface area contributed by atoms with Gasteiger partial charge < -0.3 is 15.0 Å². The number of hydrogen-bond acceptors (Lipinski definition) is 5. The van der Waals surface area contributed by atoms with Gasteiger partial charge in [-0.1, -0.05) is 59.6 Å². The summed E-state index contributed by atoms with van der Waals surface area (Å²) in [6.07, 6.45) is 0.127. The molecule has 45 heavy (non-hydrogen) atoms. The molecule has 0 aromatic heterocycles. The summed E-state index contributed by atoms with van der Waals surface area (Å²) in [7, 11) is -2.92. The van der Waals surface area contributed by atoms with Gasteiger partial charge in [0, 0.05) is 35.1 Å². The van der Waals surface area contributed by atoms with Gasteiger partial charge in [0.05, 0.1) is 17.7 Å². The van der Waals surface area contributed by atoms with Crippen molar-refractivity contribution in [3.8, 4) is 5.75 Å². The number of hydrogen-bond donors (Lipinski definition) is 1. The Morgan fingerprint density at radius 2 is 1.51 bits per heavy atom. The molecule has 0 spiro atoms. The molecule has 236 valence electrons. The molecule has 4 aromatic carbocycles. The number of methoxy groups -OCH3 is 1. The van der Waals surface area contributed by atoms with Gasteiger partial charge in [0.2, 0.25) is 11.8 Å². The van der Waals surface area contributed by atoms with E-state index in [1.807, 2.05) is 30.3 Å². The van der Waals surface area contributed by atoms with E-state index in [0.29, 0.717) is 17.9 Å². The van der Waals surface area contributed by atoms with Crippen LogP contribution < -0.4 is 14.4 Å². The Morgan fingerprint density at radius 3 is 2.09 bits per heavy atom. The van der Waals surface area contributed by atoms with E-state index in [1.165, 1.54) is 48.4 Å². The zero-order valence-corrected chi connectivity index (χ0v) is 26.9. The van der Waals surface area contributed by atoms with E-state index >= 15 is 0 Å². The van der Waals surface area contributed by atoms with Crippen LogP contribution in [0.4, 0.5) is 10.1 Å². The summed E-state index contributed by atoms with van der Waals surface area (Å²) in [5, 5.41) is 3.34. The van der Waals surface area contributed by atoms with E-state index in [1.54, 1.807) is 25.1 Å². The van der Waals surface area contributed by atoms with Crippen molar-refractivity contribution in [2.24, 2.45) is 0 Å². The molecule has 0 aliphatic heterocycles. The third-order valence-electron chi connectivity index (χ3n) is 7.05. The van der Waals surface area contributed by atoms with Crippen molar-refractivity contribution in [3.63, 3.8) is 0 Å². The molecule has 0 saturated carbocycles. The first-order chi connectivity index (χ1) is 21.5. The minimum atomic E-state index is -4.37. The van der Waals surface area contributed by atoms with Crippen molar-refractivity contribution < 1.29 is 27.1 Å². The summed E-state index contributed by atoms with van der Waals surface area (Å²) >= 11 is 13.0. The van der Waals surface area contributed by atoms with Crippen molar-refractivity contribution in [1.29, 1.82) is 0 Å². The number of benzene rings is 4. The Labute approximate surface area is 272 Å². The van der Waals surface area contributed by atoms with Crippen LogP contribution in [0.1, 0.15) is 18.1 Å². The molecule has 4 rings (SSSR count). The van der Waals surface area contributed by atoms with E-state index in [2.05, 4.69) is 5.32 Å². The molecule has 0 aliphatic carbocycles. The maximum absolute atomic E-state index is 14.4. The van der Waals surface area contributed by atoms with Gasteiger partial charge in [0.1, 0.15) is 24.2 Å². The molecular weight excluding hydrogens is 640 g/mol. The molecule has 0 unspecified atom stereocenters. The summed E-state index contributed by atoms with van der Waals surface area (Å²) < 4.78 is 48.0. The zero-order chi connectivity index (χ0) is 32.6. The van der Waals surface area contributed by atoms with E-state index in [4.69, 9.17) is 27.9 Å². The number of amides is 2. The SMILES string of the molecule is CCNC(=O)[C@@H](Cc1ccccc1)N(Cc1c(Cl)cccc1Cl)C(=O)CN(c1ccc(F)cc1)S(=O)(=O)c1ccc(OC)cc1. The Bertz CT molecular complexity index is 1700. The molecule has 1 atom stereocenters. The number of nitrogens with one attached hydrogen (secondary N) is 1. The fraction of sp³-hybridized carbons (Fsp3) is 0.212. The lowest BCUT2D eigenvalue weighted by atomic mass is 10.0. The Hall–Kier alpha value is -4.12. The Kier molecular flexibility index (Phi) is 11.4. The van der Waals surface area contributed by atoms with Gasteiger partial charge >= 0.3 is 0 Å². The van der Waals surface area contributed by atoms with Crippen LogP contribution in [0.5, 0.6) is 5.75 Å². The van der Waals surface area contributed by atoms with Crippen molar-refractivity contribution in [1.82, 2.24) is 10.2 Å². The van der Waals surface area contributed by atoms with E-state index in [9.17, 15) is 22.4 Å². The number of carbonyl (C=O) groups excluding carboxylic acids is 2. The van der Waals surface area contributed by atoms with E-state index in [0.717, 1.165) is 22.0 Å². The number of anilines is 1. The van der Waals surface area contributed by atoms with Gasteiger partial charge in [-0.25, -0.2) is 12.8 Å². The molecule has 2 amide bonds. The lowest BCUT2D eigenvalue weighted by Crippen LogP contribution is -2.53. The highest BCUT2D eigenvalue weighted by Gasteiger charge is 2.35. The Balaban J connectivity index is 1.82. The maximum Gasteiger partial charge on any atom is 0.264 e. The van der Waals surface area contributed by atoms with E-state index < -0.39 is 40.2 Å². The second kappa shape index (κ2) is 15.2. The van der Waals surface area contributed by atoms with Crippen LogP contribution in [0, 0.1) is 5.82 Å². The molecule has 0 bridgehead atoms. The third-order valence-corrected chi connectivity index (χ3v) is 9.55. The normalized spacial score (nSPS) is 11.8. The Morgan fingerprint density at radius 1 is 0.889 bits per heavy atom. The lowest BCUT2D eigenvalue weighted by Gasteiger charge is -2.34. The molecule has 0 aliphatic rings. The largest absolute Gasteiger partial charge is 0.497 e. The van der Waals surface area contributed by atoms with Gasteiger partial charge in [0.25, 0.3) is 10.0 Å². The monoisotopic (exact) mass is 671 g/mol. The topological polar surface area (TPSA) is 96.0 Å². The summed E-state index contributed by atoms with van der Waals surface area (Å²) in [5.74, 6) is -1.29. The van der Waals surface area contributed by atoms with Crippen LogP contribution >= 0.6 is 23.2 Å². The first kappa shape index (κ1) is 33.8. The number of halogens is 3. The minimum absolute atomic E-state index is 0.0499. The highest BCUT2D eigenvalue weighted by atomic mass is 35.5. The molecule has 4 aromatic rings. The number of likely N-dealkylation sites (N-methyl/N-ethyl adjacent to an activating group) is 1. The van der Waals surface area contributed by atoms with Crippen LogP contribution in [0.25, 0.3) is 0 Å². The van der Waals surface area contributed by atoms with Crippen LogP contribution in [0.2, 0.25) is 10.0 Å². The van der Waals surface area contributed by atoms with Crippen LogP contribution in [0.15, 0.2) is 102 Å². The van der Waals surface area contributed by atoms with E-state index in [-0.39, 0.29) is 33.6 Å². The zero-order valence-electron chi connectivity index (χ0n) is 24.6. The number of carbonyl (C=O) groups is 2. The average Bonchev–Trinajstić information content (AvgIpc) is 3.03. The number of ether oxygens (including phenoxy) is 1. The van der Waals surface area contributed by atoms with Crippen LogP contribution in [0.3, 0.4) is 0 Å². The van der Waals surface area contributed by atoms with Crippen LogP contribution in [-0.4, -0.2) is 51.4 Å². The summed E-state index contributed by atoms with van der Waals surface area (Å²) in [5.41, 5.74) is 1.22. The molecule has 1 N–H and O–H groups in total. The average molecular weight is 673 g/mol. The van der Waals surface area contributed by atoms with Gasteiger partial charge in [-0.2, -0.15) is 0 Å². The quantitative estimate of drug-likeness (QED) is 0.185. The number of rotatable bonds is 13. The maximum atomic E-state index is 14.4. The van der Waals surface area contributed by atoms with Crippen molar-refractivity contribution in [2.75, 3.05) is 24.5 Å². The summed E-state index contributed by atoms with van der Waals surface area (Å²) in [6, 6.07) is 23.4. The first-order valence-electron chi connectivity index (χ1n) is 14.0. The van der Waals surface area contributed by atoms with Gasteiger partial charge in [-0.05, 0) is 73.2 Å². The second-order valence-electron chi connectivity index (χ2n) is 9.99.